The number of aromatic nitrogens is 2. The highest BCUT2D eigenvalue weighted by molar-refractivity contribution is 5.85. The van der Waals surface area contributed by atoms with E-state index in [1.54, 1.807) is 0 Å². The highest BCUT2D eigenvalue weighted by Crippen LogP contribution is 2.18. The molecule has 0 spiro atoms. The fourth-order valence-electron chi connectivity index (χ4n) is 2.57. The Morgan fingerprint density at radius 3 is 2.75 bits per heavy atom. The second-order valence-corrected chi connectivity index (χ2v) is 4.88. The number of aryl methyl sites for hydroxylation is 1. The quantitative estimate of drug-likeness (QED) is 0.766. The van der Waals surface area contributed by atoms with E-state index in [-0.39, 0.29) is 0 Å². The Hall–Kier alpha value is -2.13. The number of benzene rings is 2. The predicted octanol–water partition coefficient (Wildman–Crippen LogP) is 3.35. The molecule has 3 rings (SSSR count). The third-order valence-corrected chi connectivity index (χ3v) is 3.61. The summed E-state index contributed by atoms with van der Waals surface area (Å²) in [4.78, 5) is 0. The zero-order chi connectivity index (χ0) is 13.8. The van der Waals surface area contributed by atoms with Crippen LogP contribution in [0.3, 0.4) is 0 Å². The van der Waals surface area contributed by atoms with Gasteiger partial charge in [-0.05, 0) is 29.3 Å². The molecule has 0 aliphatic heterocycles. The average Bonchev–Trinajstić information content (AvgIpc) is 2.95. The van der Waals surface area contributed by atoms with E-state index in [0.717, 1.165) is 19.6 Å². The van der Waals surface area contributed by atoms with Gasteiger partial charge in [-0.25, -0.2) is 0 Å². The van der Waals surface area contributed by atoms with E-state index >= 15 is 0 Å². The fraction of sp³-hybridized carbons (Fsp3) is 0.235. The minimum atomic E-state index is 0.844. The molecule has 3 aromatic rings. The lowest BCUT2D eigenvalue weighted by molar-refractivity contribution is 0.582. The summed E-state index contributed by atoms with van der Waals surface area (Å²) in [7, 11) is 0. The lowest BCUT2D eigenvalue weighted by atomic mass is 10.0. The van der Waals surface area contributed by atoms with Crippen LogP contribution in [0.4, 0.5) is 0 Å². The molecule has 1 N–H and O–H groups in total. The van der Waals surface area contributed by atoms with Crippen molar-refractivity contribution in [2.45, 2.75) is 26.6 Å². The molecule has 3 nitrogen and oxygen atoms in total. The summed E-state index contributed by atoms with van der Waals surface area (Å²) in [5.74, 6) is 0. The molecular weight excluding hydrogens is 246 g/mol. The Labute approximate surface area is 119 Å². The van der Waals surface area contributed by atoms with E-state index in [9.17, 15) is 0 Å². The van der Waals surface area contributed by atoms with Crippen LogP contribution in [0.1, 0.15) is 18.2 Å². The fourth-order valence-corrected chi connectivity index (χ4v) is 2.57. The van der Waals surface area contributed by atoms with Gasteiger partial charge in [0.25, 0.3) is 0 Å². The normalized spacial score (nSPS) is 11.1. The van der Waals surface area contributed by atoms with Gasteiger partial charge in [0.15, 0.2) is 0 Å². The molecule has 1 aromatic heterocycles. The summed E-state index contributed by atoms with van der Waals surface area (Å²) in [6.07, 6.45) is 1.86. The first kappa shape index (κ1) is 12.9. The molecule has 0 bridgehead atoms. The topological polar surface area (TPSA) is 29.9 Å². The van der Waals surface area contributed by atoms with Crippen molar-refractivity contribution < 1.29 is 0 Å². The first-order valence-corrected chi connectivity index (χ1v) is 7.06. The summed E-state index contributed by atoms with van der Waals surface area (Å²) >= 11 is 0. The highest BCUT2D eigenvalue weighted by Gasteiger charge is 2.02. The van der Waals surface area contributed by atoms with Crippen molar-refractivity contribution in [2.75, 3.05) is 0 Å². The number of hydrogen-bond acceptors (Lipinski definition) is 2. The summed E-state index contributed by atoms with van der Waals surface area (Å²) in [6.45, 7) is 4.74. The molecule has 0 radical (unpaired) electrons. The first-order chi connectivity index (χ1) is 9.88. The molecule has 2 aromatic carbocycles. The van der Waals surface area contributed by atoms with Gasteiger partial charge in [0, 0.05) is 25.8 Å². The van der Waals surface area contributed by atoms with E-state index < -0.39 is 0 Å². The molecule has 102 valence electrons. The van der Waals surface area contributed by atoms with Crippen LogP contribution in [0.25, 0.3) is 10.8 Å². The van der Waals surface area contributed by atoms with E-state index in [1.165, 1.54) is 22.0 Å². The maximum atomic E-state index is 4.29. The van der Waals surface area contributed by atoms with Gasteiger partial charge in [-0.3, -0.25) is 4.68 Å². The van der Waals surface area contributed by atoms with E-state index in [1.807, 2.05) is 10.9 Å². The van der Waals surface area contributed by atoms with Crippen LogP contribution in [0.5, 0.6) is 0 Å². The van der Waals surface area contributed by atoms with Gasteiger partial charge in [-0.2, -0.15) is 5.10 Å². The number of fused-ring (bicyclic) bond motifs is 1. The van der Waals surface area contributed by atoms with Crippen molar-refractivity contribution >= 4 is 10.8 Å². The minimum absolute atomic E-state index is 0.844. The third-order valence-electron chi connectivity index (χ3n) is 3.61. The number of rotatable bonds is 5. The summed E-state index contributed by atoms with van der Waals surface area (Å²) in [5, 5.41) is 10.4. The van der Waals surface area contributed by atoms with E-state index in [4.69, 9.17) is 0 Å². The second-order valence-electron chi connectivity index (χ2n) is 4.88. The monoisotopic (exact) mass is 265 g/mol. The molecule has 20 heavy (non-hydrogen) atoms. The van der Waals surface area contributed by atoms with Crippen LogP contribution in [0.15, 0.2) is 54.7 Å². The smallest absolute Gasteiger partial charge is 0.0522 e. The summed E-state index contributed by atoms with van der Waals surface area (Å²) in [5.41, 5.74) is 2.57. The van der Waals surface area contributed by atoms with Crippen molar-refractivity contribution in [3.8, 4) is 0 Å². The van der Waals surface area contributed by atoms with Crippen LogP contribution < -0.4 is 5.32 Å². The maximum absolute atomic E-state index is 4.29. The van der Waals surface area contributed by atoms with Gasteiger partial charge in [-0.1, -0.05) is 42.5 Å². The molecule has 0 saturated carbocycles. The van der Waals surface area contributed by atoms with Crippen LogP contribution >= 0.6 is 0 Å². The SMILES string of the molecule is CCn1nccc1CNCc1cccc2ccccc12. The van der Waals surface area contributed by atoms with Crippen molar-refractivity contribution in [3.63, 3.8) is 0 Å². The van der Waals surface area contributed by atoms with Crippen LogP contribution in [-0.4, -0.2) is 9.78 Å². The van der Waals surface area contributed by atoms with Gasteiger partial charge in [-0.15, -0.1) is 0 Å². The van der Waals surface area contributed by atoms with Gasteiger partial charge >= 0.3 is 0 Å². The Morgan fingerprint density at radius 2 is 1.85 bits per heavy atom. The van der Waals surface area contributed by atoms with Gasteiger partial charge in [0.2, 0.25) is 0 Å². The van der Waals surface area contributed by atoms with Crippen molar-refractivity contribution in [1.82, 2.24) is 15.1 Å². The van der Waals surface area contributed by atoms with Gasteiger partial charge in [0.1, 0.15) is 0 Å². The lowest BCUT2D eigenvalue weighted by Crippen LogP contribution is -2.16. The van der Waals surface area contributed by atoms with Crippen molar-refractivity contribution in [3.05, 3.63) is 66.0 Å². The van der Waals surface area contributed by atoms with Crippen LogP contribution in [0, 0.1) is 0 Å². The predicted molar refractivity (Wildman–Crippen MR) is 82.4 cm³/mol. The zero-order valence-corrected chi connectivity index (χ0v) is 11.7. The average molecular weight is 265 g/mol. The standard InChI is InChI=1S/C17H19N3/c1-2-20-16(10-11-19-20)13-18-12-15-8-5-7-14-6-3-4-9-17(14)15/h3-11,18H,2,12-13H2,1H3. The Balaban J connectivity index is 1.71. The third kappa shape index (κ3) is 2.58. The minimum Gasteiger partial charge on any atom is -0.307 e. The Bertz CT molecular complexity index is 695. The number of nitrogens with one attached hydrogen (secondary N) is 1. The highest BCUT2D eigenvalue weighted by atomic mass is 15.3. The van der Waals surface area contributed by atoms with Crippen molar-refractivity contribution in [1.29, 1.82) is 0 Å². The van der Waals surface area contributed by atoms with Crippen LogP contribution in [-0.2, 0) is 19.6 Å². The number of hydrogen-bond donors (Lipinski definition) is 1. The second kappa shape index (κ2) is 5.88. The lowest BCUT2D eigenvalue weighted by Gasteiger charge is -2.09. The first-order valence-electron chi connectivity index (χ1n) is 7.06. The molecule has 0 unspecified atom stereocenters. The number of nitrogens with zero attached hydrogens (tertiary/aromatic N) is 2. The summed E-state index contributed by atoms with van der Waals surface area (Å²) < 4.78 is 2.02. The molecule has 3 heteroatoms. The molecule has 0 fully saturated rings. The molecule has 0 aliphatic rings. The van der Waals surface area contributed by atoms with E-state index in [0.29, 0.717) is 0 Å². The molecule has 0 saturated heterocycles. The Morgan fingerprint density at radius 1 is 1.00 bits per heavy atom. The molecule has 0 atom stereocenters. The molecule has 0 amide bonds. The van der Waals surface area contributed by atoms with Gasteiger partial charge < -0.3 is 5.32 Å². The zero-order valence-electron chi connectivity index (χ0n) is 11.7. The Kier molecular flexibility index (Phi) is 3.79. The molecule has 0 aliphatic carbocycles. The molecule has 1 heterocycles. The van der Waals surface area contributed by atoms with Crippen molar-refractivity contribution in [2.24, 2.45) is 0 Å². The largest absolute Gasteiger partial charge is 0.307 e. The summed E-state index contributed by atoms with van der Waals surface area (Å²) in [6, 6.07) is 17.1. The molecular formula is C17H19N3. The van der Waals surface area contributed by atoms with E-state index in [2.05, 4.69) is 65.9 Å². The maximum Gasteiger partial charge on any atom is 0.0522 e. The van der Waals surface area contributed by atoms with Crippen LogP contribution in [0.2, 0.25) is 0 Å². The van der Waals surface area contributed by atoms with Gasteiger partial charge in [0.05, 0.1) is 5.69 Å².